The minimum atomic E-state index is 0.829. The van der Waals surface area contributed by atoms with Crippen LogP contribution in [0.15, 0.2) is 42.7 Å². The van der Waals surface area contributed by atoms with Gasteiger partial charge in [-0.05, 0) is 30.3 Å². The number of rotatable bonds is 6. The predicted molar refractivity (Wildman–Crippen MR) is 74.0 cm³/mol. The van der Waals surface area contributed by atoms with E-state index in [1.165, 1.54) is 5.56 Å². The molecule has 2 rings (SSSR count). The molecule has 0 aliphatic heterocycles. The average molecular weight is 244 g/mol. The smallest absolute Gasteiger partial charge is 0.0536 e. The van der Waals surface area contributed by atoms with Gasteiger partial charge in [0.2, 0.25) is 0 Å². The summed E-state index contributed by atoms with van der Waals surface area (Å²) in [5.41, 5.74) is 7.88. The Bertz CT molecular complexity index is 464. The Morgan fingerprint density at radius 1 is 1.33 bits per heavy atom. The molecule has 1 aromatic carbocycles. The van der Waals surface area contributed by atoms with Crippen molar-refractivity contribution in [1.82, 2.24) is 14.7 Å². The third-order valence-corrected chi connectivity index (χ3v) is 3.01. The highest BCUT2D eigenvalue weighted by molar-refractivity contribution is 5.40. The van der Waals surface area contributed by atoms with E-state index in [9.17, 15) is 0 Å². The first-order chi connectivity index (χ1) is 8.78. The van der Waals surface area contributed by atoms with Crippen molar-refractivity contribution < 1.29 is 0 Å². The van der Waals surface area contributed by atoms with Gasteiger partial charge in [-0.25, -0.2) is 0 Å². The Morgan fingerprint density at radius 3 is 2.89 bits per heavy atom. The van der Waals surface area contributed by atoms with Crippen molar-refractivity contribution in [2.45, 2.75) is 20.0 Å². The predicted octanol–water partition coefficient (Wildman–Crippen LogP) is 1.99. The molecule has 0 bridgehead atoms. The summed E-state index contributed by atoms with van der Waals surface area (Å²) in [5.74, 6) is 0. The van der Waals surface area contributed by atoms with Crippen LogP contribution in [0.25, 0.3) is 0 Å². The average Bonchev–Trinajstić information content (AvgIpc) is 2.87. The standard InChI is InChI=1S/C14H20N4/c1-2-17(9-10-18-8-4-7-16-18)12-13-5-3-6-14(15)11-13/h3-8,11H,2,9-10,12,15H2,1H3. The van der Waals surface area contributed by atoms with E-state index >= 15 is 0 Å². The molecule has 0 saturated heterocycles. The van der Waals surface area contributed by atoms with Gasteiger partial charge in [-0.15, -0.1) is 0 Å². The zero-order valence-electron chi connectivity index (χ0n) is 10.8. The van der Waals surface area contributed by atoms with Gasteiger partial charge in [0.1, 0.15) is 0 Å². The zero-order chi connectivity index (χ0) is 12.8. The first kappa shape index (κ1) is 12.6. The molecule has 4 nitrogen and oxygen atoms in total. The molecule has 0 fully saturated rings. The van der Waals surface area contributed by atoms with Crippen molar-refractivity contribution in [1.29, 1.82) is 0 Å². The molecule has 0 radical (unpaired) electrons. The molecule has 2 N–H and O–H groups in total. The van der Waals surface area contributed by atoms with Gasteiger partial charge in [0.15, 0.2) is 0 Å². The first-order valence-electron chi connectivity index (χ1n) is 6.32. The fraction of sp³-hybridized carbons (Fsp3) is 0.357. The van der Waals surface area contributed by atoms with E-state index < -0.39 is 0 Å². The highest BCUT2D eigenvalue weighted by Crippen LogP contribution is 2.09. The van der Waals surface area contributed by atoms with Crippen molar-refractivity contribution in [2.75, 3.05) is 18.8 Å². The maximum absolute atomic E-state index is 5.79. The first-order valence-corrected chi connectivity index (χ1v) is 6.32. The van der Waals surface area contributed by atoms with Crippen molar-refractivity contribution >= 4 is 5.69 Å². The van der Waals surface area contributed by atoms with E-state index in [1.54, 1.807) is 0 Å². The lowest BCUT2D eigenvalue weighted by molar-refractivity contribution is 0.263. The number of hydrogen-bond acceptors (Lipinski definition) is 3. The number of nitrogen functional groups attached to an aromatic ring is 1. The molecule has 96 valence electrons. The van der Waals surface area contributed by atoms with Crippen LogP contribution in [0.2, 0.25) is 0 Å². The van der Waals surface area contributed by atoms with Crippen molar-refractivity contribution in [3.05, 3.63) is 48.3 Å². The number of hydrogen-bond donors (Lipinski definition) is 1. The number of aromatic nitrogens is 2. The van der Waals surface area contributed by atoms with Crippen LogP contribution in [0.3, 0.4) is 0 Å². The van der Waals surface area contributed by atoms with E-state index in [0.717, 1.165) is 31.9 Å². The second kappa shape index (κ2) is 6.21. The van der Waals surface area contributed by atoms with Crippen LogP contribution in [0.4, 0.5) is 5.69 Å². The van der Waals surface area contributed by atoms with E-state index in [0.29, 0.717) is 0 Å². The summed E-state index contributed by atoms with van der Waals surface area (Å²) >= 11 is 0. The Hall–Kier alpha value is -1.81. The van der Waals surface area contributed by atoms with Crippen LogP contribution in [0, 0.1) is 0 Å². The molecule has 0 unspecified atom stereocenters. The summed E-state index contributed by atoms with van der Waals surface area (Å²) < 4.78 is 1.96. The summed E-state index contributed by atoms with van der Waals surface area (Å²) in [7, 11) is 0. The summed E-state index contributed by atoms with van der Waals surface area (Å²) in [5, 5.41) is 4.21. The summed E-state index contributed by atoms with van der Waals surface area (Å²) in [6.07, 6.45) is 3.81. The quantitative estimate of drug-likeness (QED) is 0.790. The lowest BCUT2D eigenvalue weighted by Gasteiger charge is -2.20. The van der Waals surface area contributed by atoms with Gasteiger partial charge in [0.05, 0.1) is 6.54 Å². The fourth-order valence-corrected chi connectivity index (χ4v) is 1.98. The minimum Gasteiger partial charge on any atom is -0.399 e. The van der Waals surface area contributed by atoms with Crippen LogP contribution in [-0.4, -0.2) is 27.8 Å². The molecule has 1 aromatic heterocycles. The number of likely N-dealkylation sites (N-methyl/N-ethyl adjacent to an activating group) is 1. The van der Waals surface area contributed by atoms with E-state index in [-0.39, 0.29) is 0 Å². The second-order valence-corrected chi connectivity index (χ2v) is 4.38. The topological polar surface area (TPSA) is 47.1 Å². The van der Waals surface area contributed by atoms with Crippen LogP contribution in [0.1, 0.15) is 12.5 Å². The van der Waals surface area contributed by atoms with Gasteiger partial charge in [-0.3, -0.25) is 9.58 Å². The Kier molecular flexibility index (Phi) is 4.36. The van der Waals surface area contributed by atoms with Gasteiger partial charge < -0.3 is 5.73 Å². The SMILES string of the molecule is CCN(CCn1cccn1)Cc1cccc(N)c1. The van der Waals surface area contributed by atoms with Gasteiger partial charge in [-0.1, -0.05) is 19.1 Å². The maximum atomic E-state index is 5.79. The van der Waals surface area contributed by atoms with Crippen molar-refractivity contribution in [2.24, 2.45) is 0 Å². The summed E-state index contributed by atoms with van der Waals surface area (Å²) in [6.45, 7) is 6.05. The number of anilines is 1. The van der Waals surface area contributed by atoms with Gasteiger partial charge in [-0.2, -0.15) is 5.10 Å². The van der Waals surface area contributed by atoms with Crippen LogP contribution in [-0.2, 0) is 13.1 Å². The molecule has 0 aliphatic rings. The third kappa shape index (κ3) is 3.60. The number of benzene rings is 1. The molecule has 1 heterocycles. The molecule has 4 heteroatoms. The highest BCUT2D eigenvalue weighted by Gasteiger charge is 2.04. The molecule has 18 heavy (non-hydrogen) atoms. The summed E-state index contributed by atoms with van der Waals surface area (Å²) in [4.78, 5) is 2.39. The van der Waals surface area contributed by atoms with E-state index in [1.807, 2.05) is 41.3 Å². The van der Waals surface area contributed by atoms with E-state index in [2.05, 4.69) is 23.0 Å². The molecule has 0 aliphatic carbocycles. The molecular formula is C14H20N4. The van der Waals surface area contributed by atoms with Crippen LogP contribution in [0.5, 0.6) is 0 Å². The second-order valence-electron chi connectivity index (χ2n) is 4.38. The normalized spacial score (nSPS) is 11.0. The number of nitrogens with two attached hydrogens (primary N) is 1. The van der Waals surface area contributed by atoms with Gasteiger partial charge >= 0.3 is 0 Å². The molecule has 0 amide bonds. The monoisotopic (exact) mass is 244 g/mol. The highest BCUT2D eigenvalue weighted by atomic mass is 15.3. The van der Waals surface area contributed by atoms with Crippen molar-refractivity contribution in [3.63, 3.8) is 0 Å². The summed E-state index contributed by atoms with van der Waals surface area (Å²) in [6, 6.07) is 10.0. The minimum absolute atomic E-state index is 0.829. The van der Waals surface area contributed by atoms with Crippen LogP contribution >= 0.6 is 0 Å². The lowest BCUT2D eigenvalue weighted by Crippen LogP contribution is -2.27. The molecule has 2 aromatic rings. The molecule has 0 atom stereocenters. The zero-order valence-corrected chi connectivity index (χ0v) is 10.8. The lowest BCUT2D eigenvalue weighted by atomic mass is 10.2. The Morgan fingerprint density at radius 2 is 2.22 bits per heavy atom. The molecule has 0 saturated carbocycles. The Balaban J connectivity index is 1.89. The van der Waals surface area contributed by atoms with E-state index in [4.69, 9.17) is 5.73 Å². The maximum Gasteiger partial charge on any atom is 0.0536 e. The van der Waals surface area contributed by atoms with Gasteiger partial charge in [0.25, 0.3) is 0 Å². The van der Waals surface area contributed by atoms with Gasteiger partial charge in [0, 0.05) is 31.2 Å². The third-order valence-electron chi connectivity index (χ3n) is 3.01. The molecular weight excluding hydrogens is 224 g/mol. The fourth-order valence-electron chi connectivity index (χ4n) is 1.98. The largest absolute Gasteiger partial charge is 0.399 e. The number of nitrogens with zero attached hydrogens (tertiary/aromatic N) is 3. The Labute approximate surface area is 108 Å². The van der Waals surface area contributed by atoms with Crippen LogP contribution < -0.4 is 5.73 Å². The molecule has 0 spiro atoms. The van der Waals surface area contributed by atoms with Crippen molar-refractivity contribution in [3.8, 4) is 0 Å².